The molecule has 62 valence electrons. The van der Waals surface area contributed by atoms with Gasteiger partial charge in [-0.25, -0.2) is 4.79 Å². The molecule has 0 saturated carbocycles. The summed E-state index contributed by atoms with van der Waals surface area (Å²) >= 11 is 0. The molecule has 1 N–H and O–H groups in total. The van der Waals surface area contributed by atoms with Crippen LogP contribution in [0.15, 0.2) is 0 Å². The number of hydrogen-bond acceptors (Lipinski definition) is 4. The van der Waals surface area contributed by atoms with E-state index >= 15 is 0 Å². The highest BCUT2D eigenvalue weighted by molar-refractivity contribution is 5.70. The number of esters is 1. The maximum atomic E-state index is 10.4. The van der Waals surface area contributed by atoms with Gasteiger partial charge in [0.1, 0.15) is 19.3 Å². The molecule has 0 radical (unpaired) electrons. The Kier molecular flexibility index (Phi) is 2.30. The topological polar surface area (TPSA) is 64.6 Å². The molecule has 1 unspecified atom stereocenters. The Morgan fingerprint density at radius 2 is 2.64 bits per heavy atom. The standard InChI is InChI=1S/C6H9NO4/c1-4(8)10-2-5-3-11-6(9)7-5/h5H,2-3H2,1H3,(H,7,9). The summed E-state index contributed by atoms with van der Waals surface area (Å²) in [6.07, 6.45) is -0.456. The van der Waals surface area contributed by atoms with Gasteiger partial charge in [-0.2, -0.15) is 0 Å². The molecule has 0 aromatic heterocycles. The normalized spacial score (nSPS) is 22.3. The van der Waals surface area contributed by atoms with E-state index in [1.165, 1.54) is 6.92 Å². The van der Waals surface area contributed by atoms with E-state index in [0.29, 0.717) is 0 Å². The molecule has 0 bridgehead atoms. The van der Waals surface area contributed by atoms with Crippen LogP contribution in [-0.2, 0) is 14.3 Å². The number of carbonyl (C=O) groups excluding carboxylic acids is 2. The van der Waals surface area contributed by atoms with Crippen molar-refractivity contribution >= 4 is 12.1 Å². The van der Waals surface area contributed by atoms with Gasteiger partial charge >= 0.3 is 12.1 Å². The Hall–Kier alpha value is -1.26. The summed E-state index contributed by atoms with van der Waals surface area (Å²) < 4.78 is 9.20. The molecule has 5 nitrogen and oxygen atoms in total. The molecular weight excluding hydrogens is 150 g/mol. The van der Waals surface area contributed by atoms with Gasteiger partial charge in [-0.05, 0) is 0 Å². The maximum absolute atomic E-state index is 10.4. The molecule has 0 aliphatic carbocycles. The van der Waals surface area contributed by atoms with Crippen molar-refractivity contribution in [3.8, 4) is 0 Å². The van der Waals surface area contributed by atoms with Crippen LogP contribution in [0.25, 0.3) is 0 Å². The SMILES string of the molecule is CC(=O)OCC1COC(=O)N1. The zero-order valence-electron chi connectivity index (χ0n) is 6.12. The van der Waals surface area contributed by atoms with Crippen LogP contribution >= 0.6 is 0 Å². The lowest BCUT2D eigenvalue weighted by atomic mass is 10.4. The third-order valence-corrected chi connectivity index (χ3v) is 1.23. The molecule has 1 amide bonds. The lowest BCUT2D eigenvalue weighted by Crippen LogP contribution is -2.31. The number of carbonyl (C=O) groups is 2. The fourth-order valence-corrected chi connectivity index (χ4v) is 0.734. The second kappa shape index (κ2) is 3.23. The summed E-state index contributed by atoms with van der Waals surface area (Å²) in [7, 11) is 0. The average Bonchev–Trinajstić information content (AvgIpc) is 2.31. The average molecular weight is 159 g/mol. The Balaban J connectivity index is 2.18. The van der Waals surface area contributed by atoms with E-state index in [9.17, 15) is 9.59 Å². The Labute approximate surface area is 63.7 Å². The third kappa shape index (κ3) is 2.45. The summed E-state index contributed by atoms with van der Waals surface area (Å²) in [5.41, 5.74) is 0. The van der Waals surface area contributed by atoms with Crippen LogP contribution in [0.1, 0.15) is 6.92 Å². The minimum absolute atomic E-state index is 0.182. The van der Waals surface area contributed by atoms with Crippen LogP contribution in [0.2, 0.25) is 0 Å². The van der Waals surface area contributed by atoms with Gasteiger partial charge in [-0.3, -0.25) is 4.79 Å². The zero-order valence-corrected chi connectivity index (χ0v) is 6.12. The number of hydrogen-bond donors (Lipinski definition) is 1. The molecule has 1 rings (SSSR count). The maximum Gasteiger partial charge on any atom is 0.407 e. The van der Waals surface area contributed by atoms with Crippen LogP contribution in [0, 0.1) is 0 Å². The summed E-state index contributed by atoms with van der Waals surface area (Å²) in [6, 6.07) is -0.189. The third-order valence-electron chi connectivity index (χ3n) is 1.23. The highest BCUT2D eigenvalue weighted by atomic mass is 16.6. The fourth-order valence-electron chi connectivity index (χ4n) is 0.734. The second-order valence-corrected chi connectivity index (χ2v) is 2.24. The lowest BCUT2D eigenvalue weighted by molar-refractivity contribution is -0.141. The summed E-state index contributed by atoms with van der Waals surface area (Å²) in [5, 5.41) is 2.47. The number of cyclic esters (lactones) is 1. The first-order chi connectivity index (χ1) is 5.18. The van der Waals surface area contributed by atoms with Crippen LogP contribution in [0.3, 0.4) is 0 Å². The van der Waals surface area contributed by atoms with Crippen molar-refractivity contribution in [2.75, 3.05) is 13.2 Å². The van der Waals surface area contributed by atoms with E-state index < -0.39 is 6.09 Å². The molecule has 1 heterocycles. The van der Waals surface area contributed by atoms with Gasteiger partial charge in [0.05, 0.1) is 0 Å². The van der Waals surface area contributed by atoms with Crippen LogP contribution in [0.5, 0.6) is 0 Å². The van der Waals surface area contributed by atoms with E-state index in [0.717, 1.165) is 0 Å². The zero-order chi connectivity index (χ0) is 8.27. The van der Waals surface area contributed by atoms with Crippen LogP contribution in [0.4, 0.5) is 4.79 Å². The molecule has 1 fully saturated rings. The van der Waals surface area contributed by atoms with Gasteiger partial charge in [0, 0.05) is 6.92 Å². The van der Waals surface area contributed by atoms with Gasteiger partial charge in [-0.1, -0.05) is 0 Å². The Morgan fingerprint density at radius 1 is 1.91 bits per heavy atom. The monoisotopic (exact) mass is 159 g/mol. The minimum atomic E-state index is -0.456. The number of rotatable bonds is 2. The van der Waals surface area contributed by atoms with Crippen molar-refractivity contribution in [3.63, 3.8) is 0 Å². The molecule has 0 spiro atoms. The highest BCUT2D eigenvalue weighted by Crippen LogP contribution is 1.97. The lowest BCUT2D eigenvalue weighted by Gasteiger charge is -2.05. The summed E-state index contributed by atoms with van der Waals surface area (Å²) in [4.78, 5) is 20.7. The molecule has 0 aromatic rings. The van der Waals surface area contributed by atoms with E-state index in [4.69, 9.17) is 0 Å². The van der Waals surface area contributed by atoms with E-state index in [2.05, 4.69) is 14.8 Å². The number of ether oxygens (including phenoxy) is 2. The smallest absolute Gasteiger partial charge is 0.407 e. The molecule has 0 aromatic carbocycles. The van der Waals surface area contributed by atoms with Crippen molar-refractivity contribution in [1.82, 2.24) is 5.32 Å². The summed E-state index contributed by atoms with van der Waals surface area (Å²) in [5.74, 6) is -0.355. The molecule has 1 atom stereocenters. The quantitative estimate of drug-likeness (QED) is 0.560. The van der Waals surface area contributed by atoms with Crippen molar-refractivity contribution in [3.05, 3.63) is 0 Å². The second-order valence-electron chi connectivity index (χ2n) is 2.24. The largest absolute Gasteiger partial charge is 0.464 e. The molecule has 5 heteroatoms. The van der Waals surface area contributed by atoms with Gasteiger partial charge < -0.3 is 14.8 Å². The van der Waals surface area contributed by atoms with Crippen molar-refractivity contribution in [1.29, 1.82) is 0 Å². The first kappa shape index (κ1) is 7.84. The molecule has 1 aliphatic rings. The Morgan fingerprint density at radius 3 is 3.09 bits per heavy atom. The number of amides is 1. The van der Waals surface area contributed by atoms with Gasteiger partial charge in [0.15, 0.2) is 0 Å². The van der Waals surface area contributed by atoms with E-state index in [-0.39, 0.29) is 25.2 Å². The fraction of sp³-hybridized carbons (Fsp3) is 0.667. The molecule has 1 aliphatic heterocycles. The first-order valence-corrected chi connectivity index (χ1v) is 3.25. The van der Waals surface area contributed by atoms with E-state index in [1.807, 2.05) is 0 Å². The molecule has 1 saturated heterocycles. The predicted octanol–water partition coefficient (Wildman–Crippen LogP) is -0.342. The van der Waals surface area contributed by atoms with Gasteiger partial charge in [-0.15, -0.1) is 0 Å². The highest BCUT2D eigenvalue weighted by Gasteiger charge is 2.22. The minimum Gasteiger partial charge on any atom is -0.464 e. The van der Waals surface area contributed by atoms with Gasteiger partial charge in [0.2, 0.25) is 0 Å². The van der Waals surface area contributed by atoms with E-state index in [1.54, 1.807) is 0 Å². The Bertz CT molecular complexity index is 179. The predicted molar refractivity (Wildman–Crippen MR) is 34.9 cm³/mol. The van der Waals surface area contributed by atoms with Gasteiger partial charge in [0.25, 0.3) is 0 Å². The van der Waals surface area contributed by atoms with Crippen molar-refractivity contribution < 1.29 is 19.1 Å². The molecular formula is C6H9NO4. The number of alkyl carbamates (subject to hydrolysis) is 1. The van der Waals surface area contributed by atoms with Crippen LogP contribution in [-0.4, -0.2) is 31.3 Å². The van der Waals surface area contributed by atoms with Crippen molar-refractivity contribution in [2.24, 2.45) is 0 Å². The molecule has 11 heavy (non-hydrogen) atoms. The van der Waals surface area contributed by atoms with Crippen molar-refractivity contribution in [2.45, 2.75) is 13.0 Å². The van der Waals surface area contributed by atoms with Crippen LogP contribution < -0.4 is 5.32 Å². The summed E-state index contributed by atoms with van der Waals surface area (Å²) in [6.45, 7) is 1.77. The first-order valence-electron chi connectivity index (χ1n) is 3.25. The number of nitrogens with one attached hydrogen (secondary N) is 1.